The monoisotopic (exact) mass is 290 g/mol. The Kier molecular flexibility index (Phi) is 2.60. The standard InChI is InChI=1S/C18H14N2O2/c1-10-9-19-16-4-2-11(7-14(10)16)18(22)17-8-12-6-13(21)3-5-15(12)20-17/h2-9,19-21H,1H3. The van der Waals surface area contributed by atoms with Gasteiger partial charge in [0.25, 0.3) is 0 Å². The van der Waals surface area contributed by atoms with Crippen molar-refractivity contribution in [1.29, 1.82) is 0 Å². The van der Waals surface area contributed by atoms with E-state index in [-0.39, 0.29) is 11.5 Å². The first-order valence-electron chi connectivity index (χ1n) is 7.06. The number of hydrogen-bond acceptors (Lipinski definition) is 2. The molecule has 0 saturated heterocycles. The molecule has 4 heteroatoms. The number of hydrogen-bond donors (Lipinski definition) is 3. The molecule has 4 nitrogen and oxygen atoms in total. The molecule has 0 amide bonds. The maximum Gasteiger partial charge on any atom is 0.209 e. The Bertz CT molecular complexity index is 1020. The topological polar surface area (TPSA) is 68.9 Å². The number of carbonyl (C=O) groups excluding carboxylic acids is 1. The second-order valence-electron chi connectivity index (χ2n) is 5.52. The van der Waals surface area contributed by atoms with Crippen LogP contribution < -0.4 is 0 Å². The zero-order valence-corrected chi connectivity index (χ0v) is 12.0. The first-order valence-corrected chi connectivity index (χ1v) is 7.06. The average molecular weight is 290 g/mol. The number of phenols is 1. The maximum atomic E-state index is 12.7. The van der Waals surface area contributed by atoms with Crippen LogP contribution >= 0.6 is 0 Å². The fourth-order valence-corrected chi connectivity index (χ4v) is 2.80. The molecule has 0 radical (unpaired) electrons. The van der Waals surface area contributed by atoms with Gasteiger partial charge in [-0.05, 0) is 55.0 Å². The van der Waals surface area contributed by atoms with Crippen LogP contribution in [0, 0.1) is 6.92 Å². The summed E-state index contributed by atoms with van der Waals surface area (Å²) >= 11 is 0. The third-order valence-corrected chi connectivity index (χ3v) is 4.00. The van der Waals surface area contributed by atoms with Crippen LogP contribution in [0.1, 0.15) is 21.6 Å². The largest absolute Gasteiger partial charge is 0.508 e. The van der Waals surface area contributed by atoms with Crippen LogP contribution in [0.15, 0.2) is 48.7 Å². The van der Waals surface area contributed by atoms with E-state index in [0.29, 0.717) is 11.3 Å². The van der Waals surface area contributed by atoms with Gasteiger partial charge in [-0.3, -0.25) is 4.79 Å². The van der Waals surface area contributed by atoms with Gasteiger partial charge in [0.2, 0.25) is 5.78 Å². The summed E-state index contributed by atoms with van der Waals surface area (Å²) in [6.45, 7) is 2.01. The van der Waals surface area contributed by atoms with Crippen LogP contribution in [-0.2, 0) is 0 Å². The molecule has 4 rings (SSSR count). The van der Waals surface area contributed by atoms with Gasteiger partial charge in [0.15, 0.2) is 0 Å². The van der Waals surface area contributed by atoms with Gasteiger partial charge in [-0.1, -0.05) is 0 Å². The molecule has 0 spiro atoms. The number of phenolic OH excluding ortho intramolecular Hbond substituents is 1. The van der Waals surface area contributed by atoms with Crippen molar-refractivity contribution in [2.45, 2.75) is 6.92 Å². The van der Waals surface area contributed by atoms with Gasteiger partial charge in [0.1, 0.15) is 5.75 Å². The number of aromatic amines is 2. The Morgan fingerprint density at radius 2 is 1.86 bits per heavy atom. The number of benzene rings is 2. The number of ketones is 1. The van der Waals surface area contributed by atoms with E-state index in [0.717, 1.165) is 27.4 Å². The first-order chi connectivity index (χ1) is 10.6. The smallest absolute Gasteiger partial charge is 0.209 e. The highest BCUT2D eigenvalue weighted by Gasteiger charge is 2.13. The van der Waals surface area contributed by atoms with Gasteiger partial charge >= 0.3 is 0 Å². The van der Waals surface area contributed by atoms with E-state index in [1.807, 2.05) is 31.3 Å². The first kappa shape index (κ1) is 12.7. The molecule has 22 heavy (non-hydrogen) atoms. The van der Waals surface area contributed by atoms with Gasteiger partial charge in [-0.2, -0.15) is 0 Å². The summed E-state index contributed by atoms with van der Waals surface area (Å²) in [6, 6.07) is 12.4. The number of carbonyl (C=O) groups is 1. The van der Waals surface area contributed by atoms with Gasteiger partial charge < -0.3 is 15.1 Å². The molecule has 2 aromatic heterocycles. The van der Waals surface area contributed by atoms with Crippen LogP contribution in [0.3, 0.4) is 0 Å². The van der Waals surface area contributed by atoms with Crippen molar-refractivity contribution in [3.05, 3.63) is 65.5 Å². The number of aryl methyl sites for hydroxylation is 1. The van der Waals surface area contributed by atoms with E-state index in [1.54, 1.807) is 24.3 Å². The second kappa shape index (κ2) is 4.49. The van der Waals surface area contributed by atoms with Crippen molar-refractivity contribution in [3.8, 4) is 5.75 Å². The molecule has 108 valence electrons. The van der Waals surface area contributed by atoms with Gasteiger partial charge in [0, 0.05) is 33.6 Å². The number of fused-ring (bicyclic) bond motifs is 2. The lowest BCUT2D eigenvalue weighted by Gasteiger charge is -2.00. The fraction of sp³-hybridized carbons (Fsp3) is 0.0556. The summed E-state index contributed by atoms with van der Waals surface area (Å²) in [4.78, 5) is 19.0. The van der Waals surface area contributed by atoms with Crippen molar-refractivity contribution in [1.82, 2.24) is 9.97 Å². The van der Waals surface area contributed by atoms with Crippen LogP contribution in [0.4, 0.5) is 0 Å². The molecule has 0 bridgehead atoms. The van der Waals surface area contributed by atoms with Crippen LogP contribution in [0.5, 0.6) is 5.75 Å². The van der Waals surface area contributed by atoms with Gasteiger partial charge in [0.05, 0.1) is 5.69 Å². The average Bonchev–Trinajstić information content (AvgIpc) is 3.10. The number of aromatic hydroxyl groups is 1. The third kappa shape index (κ3) is 1.89. The minimum atomic E-state index is -0.0572. The van der Waals surface area contributed by atoms with Crippen molar-refractivity contribution in [2.24, 2.45) is 0 Å². The Labute approximate surface area is 126 Å². The molecule has 0 aliphatic carbocycles. The molecule has 3 N–H and O–H groups in total. The van der Waals surface area contributed by atoms with E-state index in [9.17, 15) is 9.90 Å². The van der Waals surface area contributed by atoms with Crippen molar-refractivity contribution in [2.75, 3.05) is 0 Å². The fourth-order valence-electron chi connectivity index (χ4n) is 2.80. The van der Waals surface area contributed by atoms with Crippen LogP contribution in [0.2, 0.25) is 0 Å². The summed E-state index contributed by atoms with van der Waals surface area (Å²) < 4.78 is 0. The summed E-state index contributed by atoms with van der Waals surface area (Å²) in [5.74, 6) is 0.132. The van der Waals surface area contributed by atoms with Crippen molar-refractivity contribution in [3.63, 3.8) is 0 Å². The summed E-state index contributed by atoms with van der Waals surface area (Å²) in [7, 11) is 0. The predicted molar refractivity (Wildman–Crippen MR) is 86.4 cm³/mol. The lowest BCUT2D eigenvalue weighted by Crippen LogP contribution is -2.01. The van der Waals surface area contributed by atoms with E-state index < -0.39 is 0 Å². The zero-order valence-electron chi connectivity index (χ0n) is 12.0. The van der Waals surface area contributed by atoms with E-state index in [2.05, 4.69) is 9.97 Å². The molecule has 0 unspecified atom stereocenters. The number of aromatic nitrogens is 2. The molecular formula is C18H14N2O2. The van der Waals surface area contributed by atoms with Gasteiger partial charge in [-0.25, -0.2) is 0 Å². The predicted octanol–water partition coefficient (Wildman–Crippen LogP) is 3.89. The molecule has 0 atom stereocenters. The Morgan fingerprint density at radius 3 is 2.73 bits per heavy atom. The minimum Gasteiger partial charge on any atom is -0.508 e. The Morgan fingerprint density at radius 1 is 1.05 bits per heavy atom. The summed E-state index contributed by atoms with van der Waals surface area (Å²) in [5, 5.41) is 11.4. The van der Waals surface area contributed by atoms with Crippen molar-refractivity contribution < 1.29 is 9.90 Å². The summed E-state index contributed by atoms with van der Waals surface area (Å²) in [5.41, 5.74) is 4.14. The quantitative estimate of drug-likeness (QED) is 0.490. The van der Waals surface area contributed by atoms with Crippen LogP contribution in [-0.4, -0.2) is 20.9 Å². The molecule has 0 aliphatic heterocycles. The normalized spacial score (nSPS) is 11.3. The lowest BCUT2D eigenvalue weighted by molar-refractivity contribution is 0.103. The lowest BCUT2D eigenvalue weighted by atomic mass is 10.0. The Hall–Kier alpha value is -3.01. The molecule has 0 fully saturated rings. The molecule has 2 heterocycles. The van der Waals surface area contributed by atoms with Crippen molar-refractivity contribution >= 4 is 27.6 Å². The SMILES string of the molecule is Cc1c[nH]c2ccc(C(=O)c3cc4cc(O)ccc4[nH]3)cc12. The maximum absolute atomic E-state index is 12.7. The van der Waals surface area contributed by atoms with E-state index in [1.165, 1.54) is 0 Å². The zero-order chi connectivity index (χ0) is 15.3. The molecule has 4 aromatic rings. The highest BCUT2D eigenvalue weighted by Crippen LogP contribution is 2.24. The third-order valence-electron chi connectivity index (χ3n) is 4.00. The second-order valence-corrected chi connectivity index (χ2v) is 5.52. The summed E-state index contributed by atoms with van der Waals surface area (Å²) in [6.07, 6.45) is 1.94. The molecule has 0 aliphatic rings. The number of H-pyrrole nitrogens is 2. The molecule has 0 saturated carbocycles. The molecule has 2 aromatic carbocycles. The van der Waals surface area contributed by atoms with E-state index >= 15 is 0 Å². The number of rotatable bonds is 2. The minimum absolute atomic E-state index is 0.0572. The van der Waals surface area contributed by atoms with Gasteiger partial charge in [-0.15, -0.1) is 0 Å². The Balaban J connectivity index is 1.81. The highest BCUT2D eigenvalue weighted by molar-refractivity contribution is 6.11. The van der Waals surface area contributed by atoms with Crippen LogP contribution in [0.25, 0.3) is 21.8 Å². The molecular weight excluding hydrogens is 276 g/mol. The number of nitrogens with one attached hydrogen (secondary N) is 2. The van der Waals surface area contributed by atoms with E-state index in [4.69, 9.17) is 0 Å². The highest BCUT2D eigenvalue weighted by atomic mass is 16.3.